The summed E-state index contributed by atoms with van der Waals surface area (Å²) in [6.07, 6.45) is 0.0374. The Morgan fingerprint density at radius 2 is 1.62 bits per heavy atom. The Hall–Kier alpha value is -2.67. The summed E-state index contributed by atoms with van der Waals surface area (Å²) < 4.78 is 1.74. The number of aromatic nitrogens is 2. The van der Waals surface area contributed by atoms with E-state index in [1.54, 1.807) is 15.6 Å². The lowest BCUT2D eigenvalue weighted by Gasteiger charge is -2.34. The molecule has 7 nitrogen and oxygen atoms in total. The maximum Gasteiger partial charge on any atom is 0.335 e. The number of carboxylic acid groups (broad SMARTS) is 1. The molecule has 2 aromatic rings. The Kier molecular flexibility index (Phi) is 4.58. The number of amides is 1. The molecule has 0 unspecified atom stereocenters. The number of hydrogen-bond acceptors (Lipinski definition) is 4. The third-order valence-corrected chi connectivity index (χ3v) is 4.83. The molecule has 7 heteroatoms. The van der Waals surface area contributed by atoms with Crippen LogP contribution in [-0.4, -0.2) is 55.5 Å². The number of aliphatic carboxylic acids is 1. The third-order valence-electron chi connectivity index (χ3n) is 4.83. The highest BCUT2D eigenvalue weighted by atomic mass is 16.4. The van der Waals surface area contributed by atoms with Gasteiger partial charge in [-0.05, 0) is 50.1 Å². The molecule has 1 fully saturated rings. The number of carboxylic acids is 1. The van der Waals surface area contributed by atoms with E-state index in [2.05, 4.69) is 11.2 Å². The topological polar surface area (TPSA) is 95.7 Å². The number of carbonyl (C=O) groups is 2. The van der Waals surface area contributed by atoms with Crippen LogP contribution in [0.3, 0.4) is 0 Å². The number of nitrogens with zero attached hydrogens (tertiary/aromatic N) is 3. The minimum absolute atomic E-state index is 0.0187. The van der Waals surface area contributed by atoms with E-state index in [1.165, 1.54) is 0 Å². The largest absolute Gasteiger partial charge is 0.479 e. The van der Waals surface area contributed by atoms with Crippen LogP contribution in [0.2, 0.25) is 0 Å². The SMILES string of the molecule is Cc1cc(C)cc(-n2nc(C(=O)N3CCC(O)(C(=O)O)CC3)cc2C)c1. The quantitative estimate of drug-likeness (QED) is 0.874. The molecule has 2 heterocycles. The fourth-order valence-corrected chi connectivity index (χ4v) is 3.37. The number of piperidine rings is 1. The number of benzene rings is 1. The van der Waals surface area contributed by atoms with Gasteiger partial charge in [0.2, 0.25) is 0 Å². The molecule has 1 saturated heterocycles. The van der Waals surface area contributed by atoms with E-state index in [-0.39, 0.29) is 31.8 Å². The van der Waals surface area contributed by atoms with Gasteiger partial charge in [-0.15, -0.1) is 0 Å². The Bertz CT molecular complexity index is 843. The van der Waals surface area contributed by atoms with Crippen molar-refractivity contribution in [2.75, 3.05) is 13.1 Å². The van der Waals surface area contributed by atoms with Crippen LogP contribution in [0.25, 0.3) is 5.69 Å². The molecule has 26 heavy (non-hydrogen) atoms. The van der Waals surface area contributed by atoms with Crippen LogP contribution in [0.4, 0.5) is 0 Å². The molecule has 1 aromatic heterocycles. The van der Waals surface area contributed by atoms with Crippen molar-refractivity contribution in [1.82, 2.24) is 14.7 Å². The summed E-state index contributed by atoms with van der Waals surface area (Å²) in [7, 11) is 0. The Labute approximate surface area is 151 Å². The molecule has 0 aliphatic carbocycles. The zero-order chi connectivity index (χ0) is 19.1. The van der Waals surface area contributed by atoms with Gasteiger partial charge in [0, 0.05) is 31.6 Å². The second kappa shape index (κ2) is 6.57. The Morgan fingerprint density at radius 3 is 2.15 bits per heavy atom. The number of likely N-dealkylation sites (tertiary alicyclic amines) is 1. The van der Waals surface area contributed by atoms with Crippen molar-refractivity contribution in [3.8, 4) is 5.69 Å². The Morgan fingerprint density at radius 1 is 1.04 bits per heavy atom. The number of hydrogen-bond donors (Lipinski definition) is 2. The predicted molar refractivity (Wildman–Crippen MR) is 95.5 cm³/mol. The Balaban J connectivity index is 1.81. The zero-order valence-corrected chi connectivity index (χ0v) is 15.2. The second-order valence-corrected chi connectivity index (χ2v) is 7.06. The number of aliphatic hydroxyl groups is 1. The molecule has 0 atom stereocenters. The lowest BCUT2D eigenvalue weighted by molar-refractivity contribution is -0.162. The highest BCUT2D eigenvalue weighted by Gasteiger charge is 2.40. The van der Waals surface area contributed by atoms with E-state index in [0.717, 1.165) is 22.5 Å². The van der Waals surface area contributed by atoms with Gasteiger partial charge in [0.05, 0.1) is 5.69 Å². The van der Waals surface area contributed by atoms with Crippen molar-refractivity contribution >= 4 is 11.9 Å². The monoisotopic (exact) mass is 357 g/mol. The van der Waals surface area contributed by atoms with Gasteiger partial charge < -0.3 is 15.1 Å². The van der Waals surface area contributed by atoms with Crippen molar-refractivity contribution in [3.05, 3.63) is 46.8 Å². The standard InChI is InChI=1S/C19H23N3O4/c1-12-8-13(2)10-15(9-12)22-14(3)11-16(20-22)17(23)21-6-4-19(26,5-7-21)18(24)25/h8-11,26H,4-7H2,1-3H3,(H,24,25). The maximum atomic E-state index is 12.7. The first kappa shape index (κ1) is 18.1. The summed E-state index contributed by atoms with van der Waals surface area (Å²) in [5.41, 5.74) is 2.56. The van der Waals surface area contributed by atoms with Gasteiger partial charge in [0.1, 0.15) is 0 Å². The van der Waals surface area contributed by atoms with E-state index in [9.17, 15) is 14.7 Å². The first-order chi connectivity index (χ1) is 12.2. The molecular formula is C19H23N3O4. The van der Waals surface area contributed by atoms with Crippen LogP contribution in [0.15, 0.2) is 24.3 Å². The molecule has 1 aliphatic heterocycles. The number of rotatable bonds is 3. The van der Waals surface area contributed by atoms with Crippen molar-refractivity contribution in [3.63, 3.8) is 0 Å². The van der Waals surface area contributed by atoms with Crippen LogP contribution in [0.1, 0.15) is 40.2 Å². The van der Waals surface area contributed by atoms with E-state index < -0.39 is 11.6 Å². The van der Waals surface area contributed by atoms with E-state index in [1.807, 2.05) is 32.9 Å². The van der Waals surface area contributed by atoms with Gasteiger partial charge in [-0.2, -0.15) is 5.10 Å². The lowest BCUT2D eigenvalue weighted by Crippen LogP contribution is -2.50. The van der Waals surface area contributed by atoms with E-state index in [0.29, 0.717) is 5.69 Å². The number of carbonyl (C=O) groups excluding carboxylic acids is 1. The fourth-order valence-electron chi connectivity index (χ4n) is 3.37. The first-order valence-corrected chi connectivity index (χ1v) is 8.60. The van der Waals surface area contributed by atoms with Crippen LogP contribution in [-0.2, 0) is 4.79 Å². The summed E-state index contributed by atoms with van der Waals surface area (Å²) >= 11 is 0. The molecule has 0 radical (unpaired) electrons. The molecule has 3 rings (SSSR count). The maximum absolute atomic E-state index is 12.7. The van der Waals surface area contributed by atoms with Crippen LogP contribution in [0, 0.1) is 20.8 Å². The summed E-state index contributed by atoms with van der Waals surface area (Å²) in [5, 5.41) is 23.5. The van der Waals surface area contributed by atoms with E-state index in [4.69, 9.17) is 5.11 Å². The lowest BCUT2D eigenvalue weighted by atomic mass is 9.91. The molecule has 138 valence electrons. The van der Waals surface area contributed by atoms with Crippen molar-refractivity contribution in [2.45, 2.75) is 39.2 Å². The molecule has 0 bridgehead atoms. The number of aryl methyl sites for hydroxylation is 3. The third kappa shape index (κ3) is 3.35. The van der Waals surface area contributed by atoms with Crippen molar-refractivity contribution in [1.29, 1.82) is 0 Å². The first-order valence-electron chi connectivity index (χ1n) is 8.60. The van der Waals surface area contributed by atoms with Crippen LogP contribution in [0.5, 0.6) is 0 Å². The molecule has 1 amide bonds. The van der Waals surface area contributed by atoms with Crippen LogP contribution >= 0.6 is 0 Å². The molecule has 2 N–H and O–H groups in total. The molecular weight excluding hydrogens is 334 g/mol. The summed E-state index contributed by atoms with van der Waals surface area (Å²) in [5.74, 6) is -1.48. The average molecular weight is 357 g/mol. The predicted octanol–water partition coefficient (Wildman–Crippen LogP) is 1.85. The minimum atomic E-state index is -1.74. The molecule has 1 aromatic carbocycles. The van der Waals surface area contributed by atoms with Crippen molar-refractivity contribution in [2.24, 2.45) is 0 Å². The zero-order valence-electron chi connectivity index (χ0n) is 15.2. The fraction of sp³-hybridized carbons (Fsp3) is 0.421. The summed E-state index contributed by atoms with van der Waals surface area (Å²) in [6, 6.07) is 7.83. The minimum Gasteiger partial charge on any atom is -0.479 e. The van der Waals surface area contributed by atoms with Gasteiger partial charge in [-0.1, -0.05) is 6.07 Å². The average Bonchev–Trinajstić information content (AvgIpc) is 2.96. The van der Waals surface area contributed by atoms with Gasteiger partial charge in [-0.25, -0.2) is 9.48 Å². The summed E-state index contributed by atoms with van der Waals surface area (Å²) in [6.45, 7) is 6.30. The van der Waals surface area contributed by atoms with Gasteiger partial charge in [0.25, 0.3) is 5.91 Å². The van der Waals surface area contributed by atoms with Crippen molar-refractivity contribution < 1.29 is 19.8 Å². The highest BCUT2D eigenvalue weighted by molar-refractivity contribution is 5.92. The second-order valence-electron chi connectivity index (χ2n) is 7.06. The molecule has 0 spiro atoms. The molecule has 0 saturated carbocycles. The summed E-state index contributed by atoms with van der Waals surface area (Å²) in [4.78, 5) is 25.4. The highest BCUT2D eigenvalue weighted by Crippen LogP contribution is 2.24. The molecule has 1 aliphatic rings. The van der Waals surface area contributed by atoms with Gasteiger partial charge in [0.15, 0.2) is 11.3 Å². The van der Waals surface area contributed by atoms with Gasteiger partial charge in [-0.3, -0.25) is 4.79 Å². The van der Waals surface area contributed by atoms with Gasteiger partial charge >= 0.3 is 5.97 Å². The smallest absolute Gasteiger partial charge is 0.335 e. The van der Waals surface area contributed by atoms with E-state index >= 15 is 0 Å². The normalized spacial score (nSPS) is 16.5. The van der Waals surface area contributed by atoms with Crippen LogP contribution < -0.4 is 0 Å².